The van der Waals surface area contributed by atoms with Gasteiger partial charge in [-0.3, -0.25) is 4.79 Å². The van der Waals surface area contributed by atoms with Crippen LogP contribution in [0.15, 0.2) is 29.3 Å². The minimum atomic E-state index is -3.15. The number of amidine groups is 1. The fourth-order valence-corrected chi connectivity index (χ4v) is 1.51. The van der Waals surface area contributed by atoms with Crippen LogP contribution in [0.4, 0.5) is 8.78 Å². The molecular formula is C10H10F2N3O2P. The number of nitrogens with zero attached hydrogens (tertiary/aromatic N) is 1. The van der Waals surface area contributed by atoms with Crippen LogP contribution < -0.4 is 11.2 Å². The number of alkyl halides is 2. The van der Waals surface area contributed by atoms with Crippen LogP contribution in [0.5, 0.6) is 0 Å². The molecule has 8 heteroatoms. The number of hydrogen-bond donors (Lipinski definition) is 2. The molecule has 2 atom stereocenters. The van der Waals surface area contributed by atoms with Crippen LogP contribution in [0, 0.1) is 0 Å². The zero-order valence-corrected chi connectivity index (χ0v) is 10.2. The minimum Gasteiger partial charge on any atom is -0.366 e. The summed E-state index contributed by atoms with van der Waals surface area (Å²) in [5.41, 5.74) is 5.10. The molecule has 1 aliphatic heterocycles. The van der Waals surface area contributed by atoms with Crippen LogP contribution in [0.3, 0.4) is 0 Å². The summed E-state index contributed by atoms with van der Waals surface area (Å²) >= 11 is 0. The quantitative estimate of drug-likeness (QED) is 0.802. The molecule has 5 nitrogen and oxygen atoms in total. The van der Waals surface area contributed by atoms with E-state index in [0.717, 1.165) is 0 Å². The summed E-state index contributed by atoms with van der Waals surface area (Å²) < 4.78 is 25.8. The minimum absolute atomic E-state index is 0.179. The van der Waals surface area contributed by atoms with Gasteiger partial charge >= 0.3 is 5.66 Å². The largest absolute Gasteiger partial charge is 0.366 e. The van der Waals surface area contributed by atoms with Crippen molar-refractivity contribution in [2.75, 3.05) is 0 Å². The molecule has 96 valence electrons. The van der Waals surface area contributed by atoms with Gasteiger partial charge in [-0.05, 0) is 12.1 Å². The van der Waals surface area contributed by atoms with Crippen molar-refractivity contribution in [3.63, 3.8) is 0 Å². The van der Waals surface area contributed by atoms with E-state index in [9.17, 15) is 13.6 Å². The van der Waals surface area contributed by atoms with Gasteiger partial charge in [-0.25, -0.2) is 15.3 Å². The SMILES string of the molecule is NC(=O)c1ccc(C2=NC(C(F)(F)P)ON2)cc1. The van der Waals surface area contributed by atoms with E-state index in [4.69, 9.17) is 5.73 Å². The fourth-order valence-electron chi connectivity index (χ4n) is 1.37. The van der Waals surface area contributed by atoms with Gasteiger partial charge in [-0.2, -0.15) is 8.78 Å². The Bertz CT molecular complexity index is 499. The maximum Gasteiger partial charge on any atom is 0.306 e. The summed E-state index contributed by atoms with van der Waals surface area (Å²) in [6.07, 6.45) is -1.59. The third-order valence-corrected chi connectivity index (χ3v) is 2.57. The average molecular weight is 273 g/mol. The predicted molar refractivity (Wildman–Crippen MR) is 64.2 cm³/mol. The van der Waals surface area contributed by atoms with Gasteiger partial charge in [-0.1, -0.05) is 21.4 Å². The first kappa shape index (κ1) is 12.9. The van der Waals surface area contributed by atoms with E-state index >= 15 is 0 Å². The van der Waals surface area contributed by atoms with Crippen LogP contribution in [-0.4, -0.2) is 23.6 Å². The first-order valence-corrected chi connectivity index (χ1v) is 5.52. The van der Waals surface area contributed by atoms with Crippen molar-refractivity contribution in [3.8, 4) is 0 Å². The maximum atomic E-state index is 12.9. The molecule has 0 spiro atoms. The van der Waals surface area contributed by atoms with E-state index in [0.29, 0.717) is 11.1 Å². The number of hydroxylamine groups is 1. The Hall–Kier alpha value is -1.59. The van der Waals surface area contributed by atoms with Crippen molar-refractivity contribution < 1.29 is 18.4 Å². The Kier molecular flexibility index (Phi) is 3.28. The number of benzene rings is 1. The molecule has 18 heavy (non-hydrogen) atoms. The number of carbonyl (C=O) groups excluding carboxylic acids is 1. The Morgan fingerprint density at radius 2 is 2.06 bits per heavy atom. The predicted octanol–water partition coefficient (Wildman–Crippen LogP) is 0.861. The number of amides is 1. The highest BCUT2D eigenvalue weighted by Crippen LogP contribution is 2.31. The summed E-state index contributed by atoms with van der Waals surface area (Å²) in [5, 5.41) is 0. The Morgan fingerprint density at radius 3 is 2.50 bits per heavy atom. The smallest absolute Gasteiger partial charge is 0.306 e. The van der Waals surface area contributed by atoms with Crippen molar-refractivity contribution in [2.24, 2.45) is 10.7 Å². The second-order valence-electron chi connectivity index (χ2n) is 3.67. The van der Waals surface area contributed by atoms with E-state index < -0.39 is 17.8 Å². The average Bonchev–Trinajstić information content (AvgIpc) is 2.78. The highest BCUT2D eigenvalue weighted by Gasteiger charge is 2.39. The van der Waals surface area contributed by atoms with E-state index in [-0.39, 0.29) is 5.84 Å². The third kappa shape index (κ3) is 2.63. The molecule has 1 aromatic carbocycles. The van der Waals surface area contributed by atoms with E-state index in [1.54, 1.807) is 12.1 Å². The number of nitrogens with one attached hydrogen (secondary N) is 1. The van der Waals surface area contributed by atoms with Crippen molar-refractivity contribution in [2.45, 2.75) is 11.9 Å². The molecule has 2 unspecified atom stereocenters. The number of aliphatic imine (C=N–C) groups is 1. The number of primary amides is 1. The van der Waals surface area contributed by atoms with E-state index in [1.165, 1.54) is 21.4 Å². The molecule has 0 fully saturated rings. The first-order chi connectivity index (χ1) is 8.38. The van der Waals surface area contributed by atoms with Crippen LogP contribution in [0.1, 0.15) is 15.9 Å². The lowest BCUT2D eigenvalue weighted by Gasteiger charge is -2.12. The van der Waals surface area contributed by atoms with Crippen molar-refractivity contribution in [3.05, 3.63) is 35.4 Å². The number of nitrogens with two attached hydrogens (primary N) is 1. The summed E-state index contributed by atoms with van der Waals surface area (Å²) in [4.78, 5) is 19.2. The lowest BCUT2D eigenvalue weighted by atomic mass is 10.1. The van der Waals surface area contributed by atoms with Gasteiger partial charge < -0.3 is 5.73 Å². The molecule has 0 aliphatic carbocycles. The summed E-state index contributed by atoms with van der Waals surface area (Å²) in [6, 6.07) is 6.04. The molecule has 0 radical (unpaired) electrons. The van der Waals surface area contributed by atoms with Crippen LogP contribution in [-0.2, 0) is 4.84 Å². The summed E-state index contributed by atoms with van der Waals surface area (Å²) in [7, 11) is 1.37. The normalized spacial score (nSPS) is 19.3. The molecule has 1 heterocycles. The van der Waals surface area contributed by atoms with Gasteiger partial charge in [0.1, 0.15) is 0 Å². The molecule has 0 bridgehead atoms. The zero-order chi connectivity index (χ0) is 13.3. The molecule has 2 rings (SSSR count). The van der Waals surface area contributed by atoms with Gasteiger partial charge in [0.2, 0.25) is 12.1 Å². The van der Waals surface area contributed by atoms with Gasteiger partial charge in [0, 0.05) is 11.1 Å². The second kappa shape index (κ2) is 4.59. The maximum absolute atomic E-state index is 12.9. The monoisotopic (exact) mass is 273 g/mol. The topological polar surface area (TPSA) is 76.7 Å². The molecule has 0 saturated heterocycles. The molecule has 0 saturated carbocycles. The molecule has 1 aliphatic rings. The highest BCUT2D eigenvalue weighted by atomic mass is 31.0. The van der Waals surface area contributed by atoms with Crippen molar-refractivity contribution in [1.29, 1.82) is 0 Å². The molecule has 1 aromatic rings. The van der Waals surface area contributed by atoms with E-state index in [2.05, 4.69) is 15.3 Å². The second-order valence-corrected chi connectivity index (χ2v) is 4.44. The van der Waals surface area contributed by atoms with Gasteiger partial charge in [0.05, 0.1) is 0 Å². The molecule has 1 amide bonds. The number of rotatable bonds is 3. The van der Waals surface area contributed by atoms with Crippen LogP contribution >= 0.6 is 9.24 Å². The number of halogens is 2. The Balaban J connectivity index is 2.21. The Morgan fingerprint density at radius 1 is 1.44 bits per heavy atom. The molecule has 3 N–H and O–H groups in total. The summed E-state index contributed by atoms with van der Waals surface area (Å²) in [5.74, 6) is -0.383. The van der Waals surface area contributed by atoms with E-state index in [1.807, 2.05) is 0 Å². The third-order valence-electron chi connectivity index (χ3n) is 2.29. The van der Waals surface area contributed by atoms with Crippen molar-refractivity contribution >= 4 is 21.0 Å². The van der Waals surface area contributed by atoms with Gasteiger partial charge in [-0.15, -0.1) is 0 Å². The Labute approximate surface area is 104 Å². The van der Waals surface area contributed by atoms with Crippen LogP contribution in [0.2, 0.25) is 0 Å². The fraction of sp³-hybridized carbons (Fsp3) is 0.200. The van der Waals surface area contributed by atoms with Crippen LogP contribution in [0.25, 0.3) is 0 Å². The summed E-state index contributed by atoms with van der Waals surface area (Å²) in [6.45, 7) is 0. The standard InChI is InChI=1S/C10H10F2N3O2P/c11-10(12,18)9-14-8(15-17-9)6-3-1-5(2-4-6)7(13)16/h1-4,9H,18H2,(H2,13,16)(H,14,15). The lowest BCUT2D eigenvalue weighted by molar-refractivity contribution is -0.0822. The van der Waals surface area contributed by atoms with Gasteiger partial charge in [0.25, 0.3) is 0 Å². The van der Waals surface area contributed by atoms with Crippen molar-refractivity contribution in [1.82, 2.24) is 5.48 Å². The number of hydrogen-bond acceptors (Lipinski definition) is 4. The lowest BCUT2D eigenvalue weighted by Crippen LogP contribution is -2.28. The highest BCUT2D eigenvalue weighted by molar-refractivity contribution is 7.18. The first-order valence-electron chi connectivity index (χ1n) is 4.94. The zero-order valence-electron chi connectivity index (χ0n) is 9.06. The molecule has 0 aromatic heterocycles. The number of carbonyl (C=O) groups is 1. The molecular weight excluding hydrogens is 263 g/mol. The van der Waals surface area contributed by atoms with Gasteiger partial charge in [0.15, 0.2) is 5.84 Å².